The van der Waals surface area contributed by atoms with Gasteiger partial charge in [0.1, 0.15) is 5.75 Å². The van der Waals surface area contributed by atoms with Crippen molar-refractivity contribution in [1.82, 2.24) is 10.6 Å². The van der Waals surface area contributed by atoms with Crippen LogP contribution < -0.4 is 15.4 Å². The van der Waals surface area contributed by atoms with Gasteiger partial charge in [0, 0.05) is 25.9 Å². The number of aliphatic imine (C=N–C) groups is 1. The fraction of sp³-hybridized carbons (Fsp3) is 0.409. The van der Waals surface area contributed by atoms with E-state index >= 15 is 0 Å². The predicted octanol–water partition coefficient (Wildman–Crippen LogP) is 2.32. The van der Waals surface area contributed by atoms with Crippen molar-refractivity contribution >= 4 is 5.96 Å². The standard InChI is InChI=1S/C22H29N3O2/c1-2-23-22(25-16-20(26)15-17-6-4-3-5-7-17)24-12-10-18-8-9-21-19(14-18)11-13-27-21/h3-9,14,20,26H,2,10-13,15-16H2,1H3,(H2,23,24,25). The summed E-state index contributed by atoms with van der Waals surface area (Å²) in [7, 11) is 0. The highest BCUT2D eigenvalue weighted by Gasteiger charge is 2.12. The summed E-state index contributed by atoms with van der Waals surface area (Å²) in [5.41, 5.74) is 3.72. The van der Waals surface area contributed by atoms with Crippen LogP contribution in [-0.4, -0.2) is 43.4 Å². The summed E-state index contributed by atoms with van der Waals surface area (Å²) in [4.78, 5) is 4.52. The molecule has 5 heteroatoms. The minimum absolute atomic E-state index is 0.375. The molecule has 5 nitrogen and oxygen atoms in total. The van der Waals surface area contributed by atoms with Crippen molar-refractivity contribution in [3.63, 3.8) is 0 Å². The van der Waals surface area contributed by atoms with Gasteiger partial charge in [-0.2, -0.15) is 0 Å². The highest BCUT2D eigenvalue weighted by molar-refractivity contribution is 5.79. The number of hydrogen-bond acceptors (Lipinski definition) is 3. The number of benzene rings is 2. The van der Waals surface area contributed by atoms with E-state index in [9.17, 15) is 5.11 Å². The monoisotopic (exact) mass is 367 g/mol. The van der Waals surface area contributed by atoms with Crippen molar-refractivity contribution in [1.29, 1.82) is 0 Å². The summed E-state index contributed by atoms with van der Waals surface area (Å²) < 4.78 is 5.56. The van der Waals surface area contributed by atoms with Gasteiger partial charge in [0.25, 0.3) is 0 Å². The van der Waals surface area contributed by atoms with Crippen molar-refractivity contribution in [2.24, 2.45) is 4.99 Å². The van der Waals surface area contributed by atoms with Gasteiger partial charge in [-0.3, -0.25) is 4.99 Å². The summed E-state index contributed by atoms with van der Waals surface area (Å²) in [6.07, 6.45) is 2.05. The Labute approximate surface area is 161 Å². The molecule has 1 unspecified atom stereocenters. The number of nitrogens with one attached hydrogen (secondary N) is 2. The van der Waals surface area contributed by atoms with Gasteiger partial charge in [-0.25, -0.2) is 0 Å². The molecule has 0 aromatic heterocycles. The number of aliphatic hydroxyl groups excluding tert-OH is 1. The van der Waals surface area contributed by atoms with Crippen LogP contribution in [0.25, 0.3) is 0 Å². The van der Waals surface area contributed by atoms with Crippen LogP contribution in [0.4, 0.5) is 0 Å². The number of ether oxygens (including phenoxy) is 1. The number of guanidine groups is 1. The summed E-state index contributed by atoms with van der Waals surface area (Å²) in [5, 5.41) is 16.8. The molecule has 1 heterocycles. The predicted molar refractivity (Wildman–Crippen MR) is 109 cm³/mol. The third kappa shape index (κ3) is 6.00. The molecule has 0 amide bonds. The fourth-order valence-corrected chi connectivity index (χ4v) is 3.21. The van der Waals surface area contributed by atoms with Gasteiger partial charge in [0.15, 0.2) is 5.96 Å². The van der Waals surface area contributed by atoms with Crippen LogP contribution >= 0.6 is 0 Å². The Morgan fingerprint density at radius 3 is 2.81 bits per heavy atom. The molecule has 2 aromatic rings. The zero-order valence-corrected chi connectivity index (χ0v) is 15.9. The Bertz CT molecular complexity index is 746. The van der Waals surface area contributed by atoms with Crippen LogP contribution in [0.1, 0.15) is 23.6 Å². The van der Waals surface area contributed by atoms with E-state index < -0.39 is 6.10 Å². The van der Waals surface area contributed by atoms with Crippen LogP contribution in [0.3, 0.4) is 0 Å². The Morgan fingerprint density at radius 2 is 2.00 bits per heavy atom. The molecule has 0 saturated carbocycles. The molecular formula is C22H29N3O2. The second kappa shape index (κ2) is 9.97. The maximum atomic E-state index is 10.2. The smallest absolute Gasteiger partial charge is 0.191 e. The molecule has 0 spiro atoms. The van der Waals surface area contributed by atoms with E-state index in [1.54, 1.807) is 0 Å². The van der Waals surface area contributed by atoms with E-state index in [0.29, 0.717) is 13.0 Å². The van der Waals surface area contributed by atoms with Gasteiger partial charge in [-0.15, -0.1) is 0 Å². The molecule has 1 atom stereocenters. The summed E-state index contributed by atoms with van der Waals surface area (Å²) in [6, 6.07) is 16.4. The Kier molecular flexibility index (Phi) is 7.11. The molecule has 0 saturated heterocycles. The van der Waals surface area contributed by atoms with E-state index in [2.05, 4.69) is 33.8 Å². The Balaban J connectivity index is 1.47. The molecule has 0 bridgehead atoms. The highest BCUT2D eigenvalue weighted by Crippen LogP contribution is 2.25. The summed E-state index contributed by atoms with van der Waals surface area (Å²) >= 11 is 0. The first-order valence-corrected chi connectivity index (χ1v) is 9.73. The fourth-order valence-electron chi connectivity index (χ4n) is 3.21. The van der Waals surface area contributed by atoms with Crippen LogP contribution in [-0.2, 0) is 19.3 Å². The average molecular weight is 367 g/mol. The van der Waals surface area contributed by atoms with Crippen molar-refractivity contribution < 1.29 is 9.84 Å². The molecule has 0 aliphatic carbocycles. The van der Waals surface area contributed by atoms with Gasteiger partial charge in [-0.1, -0.05) is 42.5 Å². The van der Waals surface area contributed by atoms with Crippen molar-refractivity contribution in [2.45, 2.75) is 32.3 Å². The van der Waals surface area contributed by atoms with E-state index in [1.807, 2.05) is 37.3 Å². The third-order valence-corrected chi connectivity index (χ3v) is 4.58. The molecule has 27 heavy (non-hydrogen) atoms. The lowest BCUT2D eigenvalue weighted by atomic mass is 10.1. The average Bonchev–Trinajstić information content (AvgIpc) is 3.15. The first-order chi connectivity index (χ1) is 13.2. The second-order valence-corrected chi connectivity index (χ2v) is 6.78. The SMILES string of the molecule is CCNC(=NCC(O)Cc1ccccc1)NCCc1ccc2c(c1)CCO2. The van der Waals surface area contributed by atoms with Crippen LogP contribution in [0.2, 0.25) is 0 Å². The quantitative estimate of drug-likeness (QED) is 0.495. The third-order valence-electron chi connectivity index (χ3n) is 4.58. The van der Waals surface area contributed by atoms with Gasteiger partial charge in [0.05, 0.1) is 19.3 Å². The van der Waals surface area contributed by atoms with Crippen molar-refractivity contribution in [3.05, 3.63) is 65.2 Å². The molecule has 3 rings (SSSR count). The van der Waals surface area contributed by atoms with E-state index in [1.165, 1.54) is 11.1 Å². The minimum Gasteiger partial charge on any atom is -0.493 e. The van der Waals surface area contributed by atoms with E-state index in [4.69, 9.17) is 4.74 Å². The van der Waals surface area contributed by atoms with E-state index in [-0.39, 0.29) is 0 Å². The van der Waals surface area contributed by atoms with Crippen molar-refractivity contribution in [2.75, 3.05) is 26.2 Å². The first kappa shape index (κ1) is 19.2. The molecule has 0 radical (unpaired) electrons. The Morgan fingerprint density at radius 1 is 1.15 bits per heavy atom. The zero-order valence-electron chi connectivity index (χ0n) is 15.9. The molecule has 3 N–H and O–H groups in total. The van der Waals surface area contributed by atoms with Gasteiger partial charge in [-0.05, 0) is 36.1 Å². The minimum atomic E-state index is -0.487. The number of nitrogens with zero attached hydrogens (tertiary/aromatic N) is 1. The van der Waals surface area contributed by atoms with Crippen molar-refractivity contribution in [3.8, 4) is 5.75 Å². The maximum absolute atomic E-state index is 10.2. The summed E-state index contributed by atoms with van der Waals surface area (Å²) in [6.45, 7) is 4.79. The normalized spacial score (nSPS) is 14.4. The van der Waals surface area contributed by atoms with Gasteiger partial charge in [0.2, 0.25) is 0 Å². The molecule has 2 aromatic carbocycles. The topological polar surface area (TPSA) is 65.9 Å². The lowest BCUT2D eigenvalue weighted by molar-refractivity contribution is 0.183. The number of aliphatic hydroxyl groups is 1. The van der Waals surface area contributed by atoms with E-state index in [0.717, 1.165) is 49.8 Å². The lowest BCUT2D eigenvalue weighted by Gasteiger charge is -2.13. The molecule has 1 aliphatic heterocycles. The zero-order chi connectivity index (χ0) is 18.9. The molecule has 0 fully saturated rings. The van der Waals surface area contributed by atoms with Crippen LogP contribution in [0, 0.1) is 0 Å². The second-order valence-electron chi connectivity index (χ2n) is 6.78. The molecular weight excluding hydrogens is 338 g/mol. The molecule has 1 aliphatic rings. The van der Waals surface area contributed by atoms with Gasteiger partial charge < -0.3 is 20.5 Å². The van der Waals surface area contributed by atoms with Crippen LogP contribution in [0.15, 0.2) is 53.5 Å². The Hall–Kier alpha value is -2.53. The molecule has 144 valence electrons. The highest BCUT2D eigenvalue weighted by atomic mass is 16.5. The first-order valence-electron chi connectivity index (χ1n) is 9.73. The van der Waals surface area contributed by atoms with Crippen LogP contribution in [0.5, 0.6) is 5.75 Å². The number of fused-ring (bicyclic) bond motifs is 1. The number of hydrogen-bond donors (Lipinski definition) is 3. The maximum Gasteiger partial charge on any atom is 0.191 e. The summed E-state index contributed by atoms with van der Waals surface area (Å²) in [5.74, 6) is 1.77. The number of rotatable bonds is 8. The largest absolute Gasteiger partial charge is 0.493 e. The van der Waals surface area contributed by atoms with Gasteiger partial charge >= 0.3 is 0 Å². The lowest BCUT2D eigenvalue weighted by Crippen LogP contribution is -2.39.